The topological polar surface area (TPSA) is 74.6 Å². The van der Waals surface area contributed by atoms with Crippen LogP contribution >= 0.6 is 0 Å². The van der Waals surface area contributed by atoms with Crippen LogP contribution in [0.1, 0.15) is 0 Å². The molecule has 0 aliphatic heterocycles. The molecule has 4 heterocycles. The molecular formula is C64H40N6O. The second-order valence-corrected chi connectivity index (χ2v) is 17.8. The average Bonchev–Trinajstić information content (AvgIpc) is 4.15. The van der Waals surface area contributed by atoms with E-state index in [1.54, 1.807) is 0 Å². The summed E-state index contributed by atoms with van der Waals surface area (Å²) in [7, 11) is 0. The van der Waals surface area contributed by atoms with Crippen molar-refractivity contribution in [3.05, 3.63) is 243 Å². The van der Waals surface area contributed by atoms with Gasteiger partial charge in [-0.2, -0.15) is 0 Å². The minimum Gasteiger partial charge on any atom is -0.435 e. The van der Waals surface area contributed by atoms with Crippen LogP contribution in [0.4, 0.5) is 0 Å². The van der Waals surface area contributed by atoms with E-state index in [1.807, 2.05) is 103 Å². The van der Waals surface area contributed by atoms with E-state index in [1.165, 1.54) is 21.5 Å². The van der Waals surface area contributed by atoms with Gasteiger partial charge in [-0.05, 0) is 83.4 Å². The van der Waals surface area contributed by atoms with Gasteiger partial charge in [-0.1, -0.05) is 176 Å². The molecule has 0 saturated heterocycles. The fourth-order valence-corrected chi connectivity index (χ4v) is 10.3. The predicted octanol–water partition coefficient (Wildman–Crippen LogP) is 16.2. The molecule has 0 fully saturated rings. The number of aromatic nitrogens is 6. The summed E-state index contributed by atoms with van der Waals surface area (Å²) in [6.45, 7) is 0. The van der Waals surface area contributed by atoms with E-state index in [2.05, 4.69) is 149 Å². The Morgan fingerprint density at radius 1 is 0.282 bits per heavy atom. The predicted molar refractivity (Wildman–Crippen MR) is 289 cm³/mol. The Labute approximate surface area is 408 Å². The van der Waals surface area contributed by atoms with E-state index in [0.717, 1.165) is 89.0 Å². The van der Waals surface area contributed by atoms with Gasteiger partial charge in [-0.25, -0.2) is 19.9 Å². The number of fused-ring (bicyclic) bond motifs is 8. The molecule has 0 atom stereocenters. The van der Waals surface area contributed by atoms with Gasteiger partial charge in [-0.3, -0.25) is 0 Å². The Balaban J connectivity index is 0.869. The Morgan fingerprint density at radius 3 is 1.20 bits per heavy atom. The number of rotatable bonds is 8. The molecule has 7 nitrogen and oxygen atoms in total. The van der Waals surface area contributed by atoms with Crippen molar-refractivity contribution in [2.45, 2.75) is 0 Å². The second-order valence-electron chi connectivity index (χ2n) is 17.8. The highest BCUT2D eigenvalue weighted by atomic mass is 16.3. The number of hydrogen-bond donors (Lipinski definition) is 0. The lowest BCUT2D eigenvalue weighted by molar-refractivity contribution is 0.621. The number of oxazole rings is 1. The molecule has 0 spiro atoms. The van der Waals surface area contributed by atoms with Crippen LogP contribution in [0, 0.1) is 0 Å². The van der Waals surface area contributed by atoms with Crippen molar-refractivity contribution >= 4 is 54.7 Å². The highest BCUT2D eigenvalue weighted by Gasteiger charge is 2.22. The fraction of sp³-hybridized carbons (Fsp3) is 0. The van der Waals surface area contributed by atoms with E-state index in [4.69, 9.17) is 24.4 Å². The Kier molecular flexibility index (Phi) is 9.38. The maximum atomic E-state index is 6.37. The lowest BCUT2D eigenvalue weighted by Crippen LogP contribution is -2.01. The van der Waals surface area contributed by atoms with Crippen molar-refractivity contribution in [1.29, 1.82) is 0 Å². The van der Waals surface area contributed by atoms with Gasteiger partial charge >= 0.3 is 0 Å². The molecule has 7 heteroatoms. The number of benzene rings is 10. The standard InChI is InChI=1S/C64H40N6O/c1-4-15-44(16-5-1)61-66-62(45-17-6-2-7-18-45)68-63(67-61)46-33-37-49(38-34-46)70-57-26-13-11-22-52(57)54-40-39-53-51-21-10-12-25-56(51)69(58(53)59(54)70)48-35-31-42(32-36-48)41-27-29-43(30-28-41)50-23-14-24-55-60(50)71-64(65-55)47-19-8-3-9-20-47/h1-40H. The molecule has 71 heavy (non-hydrogen) atoms. The molecule has 0 amide bonds. The molecule has 0 aliphatic rings. The second kappa shape index (κ2) is 16.5. The summed E-state index contributed by atoms with van der Waals surface area (Å²) in [5.74, 6) is 2.52. The quantitative estimate of drug-likeness (QED) is 0.152. The van der Waals surface area contributed by atoms with Crippen LogP contribution in [-0.2, 0) is 0 Å². The van der Waals surface area contributed by atoms with Crippen LogP contribution < -0.4 is 0 Å². The van der Waals surface area contributed by atoms with Gasteiger partial charge in [0, 0.05) is 60.7 Å². The lowest BCUT2D eigenvalue weighted by atomic mass is 9.99. The van der Waals surface area contributed by atoms with Gasteiger partial charge in [0.1, 0.15) is 5.52 Å². The van der Waals surface area contributed by atoms with Crippen LogP contribution in [0.3, 0.4) is 0 Å². The molecule has 0 unspecified atom stereocenters. The monoisotopic (exact) mass is 908 g/mol. The third-order valence-electron chi connectivity index (χ3n) is 13.6. The Hall–Kier alpha value is -9.72. The molecule has 0 N–H and O–H groups in total. The van der Waals surface area contributed by atoms with E-state index >= 15 is 0 Å². The van der Waals surface area contributed by atoms with Crippen molar-refractivity contribution in [3.8, 4) is 79.2 Å². The average molecular weight is 909 g/mol. The minimum absolute atomic E-state index is 0.620. The summed E-state index contributed by atoms with van der Waals surface area (Å²) < 4.78 is 11.2. The van der Waals surface area contributed by atoms with Crippen molar-refractivity contribution in [3.63, 3.8) is 0 Å². The molecule has 4 aromatic heterocycles. The van der Waals surface area contributed by atoms with Crippen molar-refractivity contribution in [2.24, 2.45) is 0 Å². The third-order valence-corrected chi connectivity index (χ3v) is 13.6. The zero-order chi connectivity index (χ0) is 46.8. The maximum Gasteiger partial charge on any atom is 0.227 e. The largest absolute Gasteiger partial charge is 0.435 e. The van der Waals surface area contributed by atoms with Gasteiger partial charge in [0.25, 0.3) is 0 Å². The smallest absolute Gasteiger partial charge is 0.227 e. The molecule has 0 aliphatic carbocycles. The van der Waals surface area contributed by atoms with Gasteiger partial charge in [0.15, 0.2) is 23.1 Å². The molecule has 0 radical (unpaired) electrons. The molecule has 0 bridgehead atoms. The van der Waals surface area contributed by atoms with E-state index in [9.17, 15) is 0 Å². The molecular weight excluding hydrogens is 869 g/mol. The first kappa shape index (κ1) is 40.4. The fourth-order valence-electron chi connectivity index (χ4n) is 10.3. The van der Waals surface area contributed by atoms with Crippen LogP contribution in [-0.4, -0.2) is 29.1 Å². The summed E-state index contributed by atoms with van der Waals surface area (Å²) in [5.41, 5.74) is 16.4. The van der Waals surface area contributed by atoms with Crippen LogP contribution in [0.25, 0.3) is 134 Å². The number of nitrogens with zero attached hydrogens (tertiary/aromatic N) is 6. The van der Waals surface area contributed by atoms with Crippen molar-refractivity contribution < 1.29 is 4.42 Å². The summed E-state index contributed by atoms with van der Waals surface area (Å²) >= 11 is 0. The van der Waals surface area contributed by atoms with Gasteiger partial charge in [0.2, 0.25) is 5.89 Å². The zero-order valence-electron chi connectivity index (χ0n) is 38.2. The van der Waals surface area contributed by atoms with E-state index < -0.39 is 0 Å². The number of hydrogen-bond acceptors (Lipinski definition) is 5. The SMILES string of the molecule is c1ccc(-c2nc(-c3ccccc3)nc(-c3ccc(-n4c5ccccc5c5ccc6c7ccccc7n(-c7ccc(-c8ccc(-c9cccc%10nc(-c%11ccccc%11)oc9%10)cc8)cc7)c6c54)cc3)n2)cc1. The molecule has 0 saturated carbocycles. The van der Waals surface area contributed by atoms with Crippen molar-refractivity contribution in [1.82, 2.24) is 29.1 Å². The third kappa shape index (κ3) is 6.82. The minimum atomic E-state index is 0.620. The first-order chi connectivity index (χ1) is 35.2. The van der Waals surface area contributed by atoms with Gasteiger partial charge in [-0.15, -0.1) is 0 Å². The lowest BCUT2D eigenvalue weighted by Gasteiger charge is -2.14. The summed E-state index contributed by atoms with van der Waals surface area (Å²) in [5, 5.41) is 4.77. The molecule has 332 valence electrons. The Morgan fingerprint density at radius 2 is 0.690 bits per heavy atom. The van der Waals surface area contributed by atoms with Gasteiger partial charge in [0.05, 0.1) is 22.1 Å². The Bertz CT molecular complexity index is 4230. The first-order valence-electron chi connectivity index (χ1n) is 23.8. The highest BCUT2D eigenvalue weighted by Crippen LogP contribution is 2.42. The summed E-state index contributed by atoms with van der Waals surface area (Å²) in [6, 6.07) is 84.8. The van der Waals surface area contributed by atoms with Crippen LogP contribution in [0.2, 0.25) is 0 Å². The number of para-hydroxylation sites is 3. The summed E-state index contributed by atoms with van der Waals surface area (Å²) in [4.78, 5) is 19.8. The normalized spacial score (nSPS) is 11.7. The van der Waals surface area contributed by atoms with Crippen LogP contribution in [0.5, 0.6) is 0 Å². The van der Waals surface area contributed by atoms with Gasteiger partial charge < -0.3 is 13.6 Å². The van der Waals surface area contributed by atoms with E-state index in [-0.39, 0.29) is 0 Å². The van der Waals surface area contributed by atoms with E-state index in [0.29, 0.717) is 23.4 Å². The first-order valence-corrected chi connectivity index (χ1v) is 23.8. The molecule has 10 aromatic carbocycles. The maximum absolute atomic E-state index is 6.37. The van der Waals surface area contributed by atoms with Crippen LogP contribution in [0.15, 0.2) is 247 Å². The summed E-state index contributed by atoms with van der Waals surface area (Å²) in [6.07, 6.45) is 0. The zero-order valence-corrected chi connectivity index (χ0v) is 38.2. The van der Waals surface area contributed by atoms with Crippen molar-refractivity contribution in [2.75, 3.05) is 0 Å². The molecule has 14 rings (SSSR count). The molecule has 14 aromatic rings. The highest BCUT2D eigenvalue weighted by molar-refractivity contribution is 6.23.